The second-order valence-electron chi connectivity index (χ2n) is 0.312. The van der Waals surface area contributed by atoms with Gasteiger partial charge in [-0.1, -0.05) is 8.34 Å². The van der Waals surface area contributed by atoms with Crippen LogP contribution in [0.5, 0.6) is 0 Å². The summed E-state index contributed by atoms with van der Waals surface area (Å²) in [6, 6.07) is 0. The van der Waals surface area contributed by atoms with Gasteiger partial charge in [-0.3, -0.25) is 0 Å². The van der Waals surface area contributed by atoms with Gasteiger partial charge in [-0.05, 0) is 0 Å². The van der Waals surface area contributed by atoms with E-state index in [2.05, 4.69) is 0 Å². The molecule has 0 aliphatic rings. The van der Waals surface area contributed by atoms with E-state index >= 15 is 0 Å². The average molecular weight is 165 g/mol. The van der Waals surface area contributed by atoms with Crippen LogP contribution in [-0.4, -0.2) is 10.3 Å². The van der Waals surface area contributed by atoms with E-state index in [4.69, 9.17) is 24.5 Å². The third-order valence-corrected chi connectivity index (χ3v) is 0. The first-order valence-corrected chi connectivity index (χ1v) is 1.66. The van der Waals surface area contributed by atoms with Crippen molar-refractivity contribution in [2.75, 3.05) is 0 Å². The molecule has 0 aromatic rings. The zero-order valence-corrected chi connectivity index (χ0v) is 7.99. The number of nitrogens with zero attached hydrogens (tertiary/aromatic N) is 1. The predicted octanol–water partition coefficient (Wildman–Crippen LogP) is -2.72. The van der Waals surface area contributed by atoms with Crippen molar-refractivity contribution in [1.29, 1.82) is 0 Å². The van der Waals surface area contributed by atoms with E-state index in [1.165, 1.54) is 0 Å². The van der Waals surface area contributed by atoms with Gasteiger partial charge in [0, 0.05) is 0 Å². The van der Waals surface area contributed by atoms with E-state index in [1.54, 1.807) is 0 Å². The van der Waals surface area contributed by atoms with Crippen LogP contribution in [-0.2, 0) is 9.13 Å². The standard InChI is InChI=1S/K.HNO3.O2P/c;2-1(3)4;1-3-2/h;(H,2,3,4);/q+1;;-1. The minimum Gasteiger partial charge on any atom is -0.474 e. The zero-order valence-electron chi connectivity index (χ0n) is 3.97. The summed E-state index contributed by atoms with van der Waals surface area (Å²) in [5.41, 5.74) is 0. The Hall–Kier alpha value is 0.736. The largest absolute Gasteiger partial charge is 1.00 e. The van der Waals surface area contributed by atoms with E-state index in [1.807, 2.05) is 0 Å². The average Bonchev–Trinajstić information content (AvgIpc) is 1.33. The second-order valence-corrected chi connectivity index (χ2v) is 0.461. The van der Waals surface area contributed by atoms with Gasteiger partial charge in [-0.2, -0.15) is 0 Å². The van der Waals surface area contributed by atoms with E-state index in [-0.39, 0.29) is 51.4 Å². The van der Waals surface area contributed by atoms with Crippen LogP contribution in [0.25, 0.3) is 0 Å². The molecule has 0 amide bonds. The molecule has 0 aliphatic carbocycles. The summed E-state index contributed by atoms with van der Waals surface area (Å²) < 4.78 is 16.7. The third-order valence-electron chi connectivity index (χ3n) is 0. The summed E-state index contributed by atoms with van der Waals surface area (Å²) in [5.74, 6) is 0. The van der Waals surface area contributed by atoms with Crippen LogP contribution in [0.2, 0.25) is 0 Å². The molecule has 0 aromatic carbocycles. The first kappa shape index (κ1) is 15.9. The summed E-state index contributed by atoms with van der Waals surface area (Å²) in [6.45, 7) is 0. The third kappa shape index (κ3) is 409. The fraction of sp³-hybridized carbons (Fsp3) is 0. The molecule has 0 radical (unpaired) electrons. The molecule has 8 heteroatoms. The van der Waals surface area contributed by atoms with Crippen molar-refractivity contribution in [2.45, 2.75) is 0 Å². The van der Waals surface area contributed by atoms with Crippen LogP contribution in [0.3, 0.4) is 0 Å². The Morgan fingerprint density at radius 2 is 1.50 bits per heavy atom. The second kappa shape index (κ2) is 15.6. The van der Waals surface area contributed by atoms with Crippen LogP contribution < -0.4 is 51.4 Å². The molecular formula is HKNO5P. The van der Waals surface area contributed by atoms with Crippen molar-refractivity contribution in [3.05, 3.63) is 10.1 Å². The van der Waals surface area contributed by atoms with Gasteiger partial charge in [0.1, 0.15) is 0 Å². The van der Waals surface area contributed by atoms with E-state index in [0.29, 0.717) is 0 Å². The topological polar surface area (TPSA) is 97.5 Å². The van der Waals surface area contributed by atoms with Gasteiger partial charge in [0.15, 0.2) is 0 Å². The van der Waals surface area contributed by atoms with Crippen LogP contribution >= 0.6 is 8.34 Å². The normalized spacial score (nSPS) is 4.50. The maximum Gasteiger partial charge on any atom is 1.00 e. The molecule has 0 spiro atoms. The van der Waals surface area contributed by atoms with Gasteiger partial charge in [0.2, 0.25) is 0 Å². The molecule has 42 valence electrons. The molecular weight excluding hydrogens is 164 g/mol. The molecule has 0 aromatic heterocycles. The SMILES string of the molecule is O=[N+]([O-])O.O=[P-]=O.[K+]. The Morgan fingerprint density at radius 1 is 1.50 bits per heavy atom. The smallest absolute Gasteiger partial charge is 0.474 e. The first-order chi connectivity index (χ1) is 3.15. The molecule has 0 atom stereocenters. The summed E-state index contributed by atoms with van der Waals surface area (Å²) in [5, 5.41) is 13.6. The molecule has 1 N–H and O–H groups in total. The Kier molecular flexibility index (Phi) is 31.1. The van der Waals surface area contributed by atoms with Crippen molar-refractivity contribution < 1.29 is 70.8 Å². The van der Waals surface area contributed by atoms with Gasteiger partial charge in [0.25, 0.3) is 5.09 Å². The molecule has 6 nitrogen and oxygen atoms in total. The number of hydrogen-bond acceptors (Lipinski definition) is 4. The molecule has 0 unspecified atom stereocenters. The summed E-state index contributed by atoms with van der Waals surface area (Å²) in [4.78, 5) is 8.36. The quantitative estimate of drug-likeness (QED) is 0.182. The summed E-state index contributed by atoms with van der Waals surface area (Å²) in [6.07, 6.45) is 0. The van der Waals surface area contributed by atoms with Gasteiger partial charge in [-0.15, -0.1) is 10.1 Å². The maximum atomic E-state index is 8.36. The molecule has 0 heterocycles. The van der Waals surface area contributed by atoms with Gasteiger partial charge < -0.3 is 14.3 Å². The number of rotatable bonds is 0. The van der Waals surface area contributed by atoms with E-state index < -0.39 is 13.4 Å². The minimum atomic E-state index is -1.50. The van der Waals surface area contributed by atoms with Crippen molar-refractivity contribution >= 4 is 8.34 Å². The van der Waals surface area contributed by atoms with Crippen molar-refractivity contribution in [2.24, 2.45) is 0 Å². The van der Waals surface area contributed by atoms with E-state index in [0.717, 1.165) is 0 Å². The molecule has 0 aliphatic heterocycles. The Morgan fingerprint density at radius 3 is 1.50 bits per heavy atom. The van der Waals surface area contributed by atoms with Crippen molar-refractivity contribution in [3.63, 3.8) is 0 Å². The van der Waals surface area contributed by atoms with Gasteiger partial charge in [-0.25, -0.2) is 0 Å². The molecule has 0 rings (SSSR count). The Labute approximate surface area is 88.0 Å². The molecule has 8 heavy (non-hydrogen) atoms. The molecule has 0 bridgehead atoms. The van der Waals surface area contributed by atoms with E-state index in [9.17, 15) is 0 Å². The van der Waals surface area contributed by atoms with Gasteiger partial charge in [0.05, 0.1) is 0 Å². The maximum absolute atomic E-state index is 8.36. The van der Waals surface area contributed by atoms with Crippen molar-refractivity contribution in [3.8, 4) is 0 Å². The molecule has 0 fully saturated rings. The first-order valence-electron chi connectivity index (χ1n) is 0.930. The number of hydrogen-bond donors (Lipinski definition) is 1. The van der Waals surface area contributed by atoms with Crippen LogP contribution in [0, 0.1) is 10.1 Å². The monoisotopic (exact) mass is 165 g/mol. The molecule has 0 saturated carbocycles. The van der Waals surface area contributed by atoms with Gasteiger partial charge >= 0.3 is 51.4 Å². The van der Waals surface area contributed by atoms with Crippen LogP contribution in [0.4, 0.5) is 0 Å². The van der Waals surface area contributed by atoms with Crippen LogP contribution in [0.1, 0.15) is 0 Å². The molecule has 0 saturated heterocycles. The minimum absolute atomic E-state index is 0. The predicted molar refractivity (Wildman–Crippen MR) is 17.1 cm³/mol. The summed E-state index contributed by atoms with van der Waals surface area (Å²) in [7, 11) is -1.08. The fourth-order valence-corrected chi connectivity index (χ4v) is 0. The summed E-state index contributed by atoms with van der Waals surface area (Å²) >= 11 is 0. The van der Waals surface area contributed by atoms with Crippen molar-refractivity contribution in [1.82, 2.24) is 0 Å². The zero-order chi connectivity index (χ0) is 6.28. The van der Waals surface area contributed by atoms with Crippen LogP contribution in [0.15, 0.2) is 0 Å². The Bertz CT molecular complexity index is 80.4. The Balaban J connectivity index is -0.0000000575. The fourth-order valence-electron chi connectivity index (χ4n) is 0.